The van der Waals surface area contributed by atoms with E-state index in [4.69, 9.17) is 11.6 Å². The van der Waals surface area contributed by atoms with Crippen LogP contribution in [-0.2, 0) is 10.0 Å². The van der Waals surface area contributed by atoms with Crippen molar-refractivity contribution in [2.75, 3.05) is 36.9 Å². The molecule has 1 aromatic heterocycles. The Morgan fingerprint density at radius 2 is 2.10 bits per heavy atom. The van der Waals surface area contributed by atoms with Crippen molar-refractivity contribution in [3.8, 4) is 0 Å². The van der Waals surface area contributed by atoms with Gasteiger partial charge in [0.1, 0.15) is 10.8 Å². The van der Waals surface area contributed by atoms with E-state index in [1.165, 1.54) is 10.4 Å². The minimum absolute atomic E-state index is 0.0546. The number of sulfonamides is 1. The maximum atomic E-state index is 12.1. The SMILES string of the molecule is O=C(NCCS(=O)(=O)N1CCSCC1)c1cccc(Cl)n1. The summed E-state index contributed by atoms with van der Waals surface area (Å²) in [6.07, 6.45) is 0. The number of amides is 1. The first kappa shape index (κ1) is 16.5. The average molecular weight is 350 g/mol. The summed E-state index contributed by atoms with van der Waals surface area (Å²) in [7, 11) is -3.31. The van der Waals surface area contributed by atoms with Crippen LogP contribution in [0.1, 0.15) is 10.5 Å². The number of halogens is 1. The van der Waals surface area contributed by atoms with Gasteiger partial charge in [0.2, 0.25) is 10.0 Å². The number of nitrogens with zero attached hydrogens (tertiary/aromatic N) is 2. The molecule has 0 spiro atoms. The first-order valence-electron chi connectivity index (χ1n) is 6.45. The molecular weight excluding hydrogens is 334 g/mol. The predicted molar refractivity (Wildman–Crippen MR) is 84.3 cm³/mol. The molecule has 116 valence electrons. The Kier molecular flexibility index (Phi) is 5.86. The Morgan fingerprint density at radius 3 is 2.76 bits per heavy atom. The summed E-state index contributed by atoms with van der Waals surface area (Å²) in [5.41, 5.74) is 0.175. The lowest BCUT2D eigenvalue weighted by molar-refractivity contribution is 0.0951. The van der Waals surface area contributed by atoms with Crippen LogP contribution in [0.15, 0.2) is 18.2 Å². The standard InChI is InChI=1S/C12H16ClN3O3S2/c13-11-3-1-2-10(15-11)12(17)14-4-9-21(18,19)16-5-7-20-8-6-16/h1-3H,4-9H2,(H,14,17). The highest BCUT2D eigenvalue weighted by Gasteiger charge is 2.23. The molecule has 2 rings (SSSR count). The topological polar surface area (TPSA) is 79.4 Å². The second-order valence-electron chi connectivity index (χ2n) is 4.43. The Labute approximate surface area is 133 Å². The molecular formula is C12H16ClN3O3S2. The van der Waals surface area contributed by atoms with Crippen LogP contribution in [0.25, 0.3) is 0 Å². The van der Waals surface area contributed by atoms with Gasteiger partial charge in [-0.05, 0) is 12.1 Å². The van der Waals surface area contributed by atoms with Crippen molar-refractivity contribution in [2.24, 2.45) is 0 Å². The molecule has 0 bridgehead atoms. The average Bonchev–Trinajstić information content (AvgIpc) is 2.48. The van der Waals surface area contributed by atoms with E-state index in [1.54, 1.807) is 23.9 Å². The van der Waals surface area contributed by atoms with Crippen LogP contribution in [0.4, 0.5) is 0 Å². The maximum absolute atomic E-state index is 12.1. The van der Waals surface area contributed by atoms with Crippen molar-refractivity contribution in [1.29, 1.82) is 0 Å². The van der Waals surface area contributed by atoms with Crippen molar-refractivity contribution in [2.45, 2.75) is 0 Å². The molecule has 1 fully saturated rings. The van der Waals surface area contributed by atoms with Crippen molar-refractivity contribution in [3.05, 3.63) is 29.0 Å². The Bertz CT molecular complexity index is 604. The number of pyridine rings is 1. The number of thioether (sulfide) groups is 1. The van der Waals surface area contributed by atoms with Gasteiger partial charge in [-0.2, -0.15) is 11.8 Å². The van der Waals surface area contributed by atoms with Crippen LogP contribution in [0.2, 0.25) is 5.15 Å². The fourth-order valence-corrected chi connectivity index (χ4v) is 4.53. The normalized spacial score (nSPS) is 16.6. The zero-order valence-corrected chi connectivity index (χ0v) is 13.7. The molecule has 1 amide bonds. The number of aromatic nitrogens is 1. The lowest BCUT2D eigenvalue weighted by Crippen LogP contribution is -2.42. The van der Waals surface area contributed by atoms with Gasteiger partial charge in [0.25, 0.3) is 5.91 Å². The van der Waals surface area contributed by atoms with E-state index in [0.717, 1.165) is 11.5 Å². The van der Waals surface area contributed by atoms with Gasteiger partial charge in [0.05, 0.1) is 5.75 Å². The molecule has 6 nitrogen and oxygen atoms in total. The van der Waals surface area contributed by atoms with Crippen LogP contribution >= 0.6 is 23.4 Å². The molecule has 1 saturated heterocycles. The third-order valence-corrected chi connectivity index (χ3v) is 5.98. The summed E-state index contributed by atoms with van der Waals surface area (Å²) in [6.45, 7) is 1.13. The molecule has 0 saturated carbocycles. The molecule has 0 atom stereocenters. The van der Waals surface area contributed by atoms with E-state index in [0.29, 0.717) is 13.1 Å². The quantitative estimate of drug-likeness (QED) is 0.797. The van der Waals surface area contributed by atoms with E-state index in [1.807, 2.05) is 0 Å². The van der Waals surface area contributed by atoms with Crippen LogP contribution in [0, 0.1) is 0 Å². The van der Waals surface area contributed by atoms with Gasteiger partial charge in [-0.3, -0.25) is 4.79 Å². The fraction of sp³-hybridized carbons (Fsp3) is 0.500. The van der Waals surface area contributed by atoms with Gasteiger partial charge < -0.3 is 5.32 Å². The number of hydrogen-bond acceptors (Lipinski definition) is 5. The monoisotopic (exact) mass is 349 g/mol. The largest absolute Gasteiger partial charge is 0.350 e. The summed E-state index contributed by atoms with van der Waals surface area (Å²) in [4.78, 5) is 15.7. The summed E-state index contributed by atoms with van der Waals surface area (Å²) in [6, 6.07) is 4.71. The molecule has 1 aromatic rings. The second kappa shape index (κ2) is 7.44. The summed E-state index contributed by atoms with van der Waals surface area (Å²) in [5, 5.41) is 2.77. The summed E-state index contributed by atoms with van der Waals surface area (Å²) >= 11 is 7.45. The molecule has 1 N–H and O–H groups in total. The molecule has 1 aliphatic rings. The minimum Gasteiger partial charge on any atom is -0.350 e. The zero-order chi connectivity index (χ0) is 15.3. The highest BCUT2D eigenvalue weighted by Crippen LogP contribution is 2.13. The van der Waals surface area contributed by atoms with E-state index in [2.05, 4.69) is 10.3 Å². The van der Waals surface area contributed by atoms with Gasteiger partial charge in [-0.1, -0.05) is 17.7 Å². The fourth-order valence-electron chi connectivity index (χ4n) is 1.87. The number of carbonyl (C=O) groups excluding carboxylic acids is 1. The number of nitrogens with one attached hydrogen (secondary N) is 1. The third-order valence-electron chi connectivity index (χ3n) is 2.96. The predicted octanol–water partition coefficient (Wildman–Crippen LogP) is 0.843. The molecule has 2 heterocycles. The molecule has 0 unspecified atom stereocenters. The van der Waals surface area contributed by atoms with Crippen molar-refractivity contribution < 1.29 is 13.2 Å². The molecule has 1 aliphatic heterocycles. The summed E-state index contributed by atoms with van der Waals surface area (Å²) in [5.74, 6) is 1.10. The Balaban J connectivity index is 1.84. The smallest absolute Gasteiger partial charge is 0.269 e. The van der Waals surface area contributed by atoms with Gasteiger partial charge in [-0.25, -0.2) is 17.7 Å². The molecule has 9 heteroatoms. The van der Waals surface area contributed by atoms with E-state index in [-0.39, 0.29) is 23.1 Å². The van der Waals surface area contributed by atoms with Crippen LogP contribution in [0.5, 0.6) is 0 Å². The Morgan fingerprint density at radius 1 is 1.38 bits per heavy atom. The van der Waals surface area contributed by atoms with E-state index in [9.17, 15) is 13.2 Å². The van der Waals surface area contributed by atoms with Crippen molar-refractivity contribution in [1.82, 2.24) is 14.6 Å². The van der Waals surface area contributed by atoms with Gasteiger partial charge in [0.15, 0.2) is 0 Å². The maximum Gasteiger partial charge on any atom is 0.269 e. The van der Waals surface area contributed by atoms with Gasteiger partial charge >= 0.3 is 0 Å². The van der Waals surface area contributed by atoms with Crippen LogP contribution in [0.3, 0.4) is 0 Å². The molecule has 21 heavy (non-hydrogen) atoms. The van der Waals surface area contributed by atoms with Crippen LogP contribution < -0.4 is 5.32 Å². The first-order chi connectivity index (χ1) is 9.99. The van der Waals surface area contributed by atoms with Crippen molar-refractivity contribution >= 4 is 39.3 Å². The molecule has 0 radical (unpaired) electrons. The van der Waals surface area contributed by atoms with Crippen LogP contribution in [-0.4, -0.2) is 60.5 Å². The summed E-state index contributed by atoms with van der Waals surface area (Å²) < 4.78 is 25.7. The zero-order valence-electron chi connectivity index (χ0n) is 11.3. The van der Waals surface area contributed by atoms with Gasteiger partial charge in [0, 0.05) is 31.1 Å². The number of hydrogen-bond donors (Lipinski definition) is 1. The second-order valence-corrected chi connectivity index (χ2v) is 8.13. The highest BCUT2D eigenvalue weighted by molar-refractivity contribution is 7.99. The highest BCUT2D eigenvalue weighted by atomic mass is 35.5. The Hall–Kier alpha value is -0.830. The molecule has 0 aromatic carbocycles. The van der Waals surface area contributed by atoms with E-state index < -0.39 is 15.9 Å². The first-order valence-corrected chi connectivity index (χ1v) is 9.59. The van der Waals surface area contributed by atoms with E-state index >= 15 is 0 Å². The van der Waals surface area contributed by atoms with Crippen molar-refractivity contribution in [3.63, 3.8) is 0 Å². The lowest BCUT2D eigenvalue weighted by atomic mass is 10.3. The molecule has 0 aliphatic carbocycles. The number of carbonyl (C=O) groups is 1. The lowest BCUT2D eigenvalue weighted by Gasteiger charge is -2.25. The number of rotatable bonds is 5. The third kappa shape index (κ3) is 4.84. The minimum atomic E-state index is -3.31. The van der Waals surface area contributed by atoms with Gasteiger partial charge in [-0.15, -0.1) is 0 Å².